The Hall–Kier alpha value is -3.98. The molecule has 3 aliphatic rings. The average Bonchev–Trinajstić information content (AvgIpc) is 3.97. The molecule has 0 spiro atoms. The molecule has 0 aliphatic carbocycles. The zero-order chi connectivity index (χ0) is 42.6. The quantitative estimate of drug-likeness (QED) is 0.0409. The Labute approximate surface area is 352 Å². The smallest absolute Gasteiger partial charge is 0.333 e. The molecule has 2 aromatic carbocycles. The van der Waals surface area contributed by atoms with Gasteiger partial charge in [-0.2, -0.15) is 0 Å². The summed E-state index contributed by atoms with van der Waals surface area (Å²) >= 11 is 0. The van der Waals surface area contributed by atoms with Crippen LogP contribution in [0.1, 0.15) is 88.2 Å². The SMILES string of the molecule is N[C@@H](Cc1ccc(O)c(O)c1)C(=O)O.O=C(CCCCC1CCSS1)N[C@@H](Cc1ccc(O)c(O)c1)C(=O)O.O=C(CCCCC1CCSS1)ON1C(=O)CCC1=O. The number of carbonyl (C=O) groups excluding carboxylic acids is 4. The summed E-state index contributed by atoms with van der Waals surface area (Å²) in [5, 5.41) is 59.2. The Balaban J connectivity index is 0.000000243. The van der Waals surface area contributed by atoms with Crippen molar-refractivity contribution in [1.82, 2.24) is 10.4 Å². The van der Waals surface area contributed by atoms with E-state index in [9.17, 15) is 44.1 Å². The molecule has 2 unspecified atom stereocenters. The number of carboxylic acid groups (broad SMARTS) is 2. The number of nitrogens with zero attached hydrogens (tertiary/aromatic N) is 1. The number of hydrogen-bond acceptors (Lipinski definition) is 16. The van der Waals surface area contributed by atoms with Crippen LogP contribution in [0.2, 0.25) is 0 Å². The summed E-state index contributed by atoms with van der Waals surface area (Å²) in [5.41, 5.74) is 6.38. The molecule has 0 radical (unpaired) electrons. The first kappa shape index (κ1) is 48.4. The van der Waals surface area contributed by atoms with Gasteiger partial charge in [0, 0.05) is 54.1 Å². The number of amides is 3. The Bertz CT molecular complexity index is 1690. The number of unbranched alkanes of at least 4 members (excludes halogenated alkanes) is 2. The first-order chi connectivity index (χ1) is 27.6. The van der Waals surface area contributed by atoms with Crippen molar-refractivity contribution in [2.75, 3.05) is 11.5 Å². The molecule has 3 amide bonds. The van der Waals surface area contributed by atoms with Crippen molar-refractivity contribution in [3.63, 3.8) is 0 Å². The summed E-state index contributed by atoms with van der Waals surface area (Å²) in [4.78, 5) is 72.6. The van der Waals surface area contributed by atoms with Crippen LogP contribution in [-0.4, -0.2) is 105 Å². The van der Waals surface area contributed by atoms with E-state index < -0.39 is 41.8 Å². The fourth-order valence-electron chi connectivity index (χ4n) is 5.67. The number of hydrogen-bond donors (Lipinski definition) is 8. The van der Waals surface area contributed by atoms with E-state index in [4.69, 9.17) is 25.9 Å². The molecular formula is C38H51N3O13S4. The molecule has 9 N–H and O–H groups in total. The molecule has 3 heterocycles. The Morgan fingerprint density at radius 2 is 1.22 bits per heavy atom. The van der Waals surface area contributed by atoms with Gasteiger partial charge >= 0.3 is 17.9 Å². The minimum absolute atomic E-state index is 0.0465. The van der Waals surface area contributed by atoms with Crippen molar-refractivity contribution in [3.8, 4) is 23.0 Å². The molecule has 0 saturated carbocycles. The average molecular weight is 886 g/mol. The number of rotatable bonds is 18. The van der Waals surface area contributed by atoms with Gasteiger partial charge in [0.05, 0.1) is 0 Å². The van der Waals surface area contributed by atoms with E-state index in [-0.39, 0.29) is 61.0 Å². The van der Waals surface area contributed by atoms with Crippen molar-refractivity contribution in [3.05, 3.63) is 47.5 Å². The maximum Gasteiger partial charge on any atom is 0.333 e. The van der Waals surface area contributed by atoms with E-state index in [2.05, 4.69) is 5.32 Å². The number of phenolic OH excluding ortho intramolecular Hbond substituents is 4. The Morgan fingerprint density at radius 1 is 0.724 bits per heavy atom. The van der Waals surface area contributed by atoms with Gasteiger partial charge in [0.25, 0.3) is 11.8 Å². The van der Waals surface area contributed by atoms with Crippen molar-refractivity contribution in [1.29, 1.82) is 0 Å². The zero-order valence-electron chi connectivity index (χ0n) is 31.8. The first-order valence-electron chi connectivity index (χ1n) is 18.8. The van der Waals surface area contributed by atoms with Crippen molar-refractivity contribution in [2.45, 2.75) is 112 Å². The number of benzene rings is 2. The van der Waals surface area contributed by atoms with E-state index in [0.29, 0.717) is 33.1 Å². The number of nitrogens with one attached hydrogen (secondary N) is 1. The van der Waals surface area contributed by atoms with Gasteiger partial charge in [-0.3, -0.25) is 19.2 Å². The second-order valence-corrected chi connectivity index (χ2v) is 19.2. The standard InChI is InChI=1S/C17H23NO5S2.C12H17NO4S2.C9H11NO4/c19-14-6-5-11(10-15(14)20)9-13(17(22)23)18-16(21)4-2-1-3-12-7-8-24-25-12;14-10-5-6-11(15)13(10)17-12(16)4-2-1-3-9-7-8-18-19-9;10-6(9(13)14)3-5-1-2-7(11)8(12)4-5/h5-6,10,12-13,19-20H,1-4,7-9H2,(H,18,21)(H,22,23);9H,1-8H2;1-2,4,6,11-12H,3,10H2,(H,13,14)/t12?,13-;;6-/m0.0/s1. The van der Waals surface area contributed by atoms with Crippen LogP contribution in [0.3, 0.4) is 0 Å². The molecule has 4 atom stereocenters. The lowest BCUT2D eigenvalue weighted by Gasteiger charge is -2.15. The number of imide groups is 1. The molecule has 16 nitrogen and oxygen atoms in total. The lowest BCUT2D eigenvalue weighted by atomic mass is 10.0. The molecule has 2 aromatic rings. The van der Waals surface area contributed by atoms with Gasteiger partial charge in [-0.1, -0.05) is 68.1 Å². The predicted molar refractivity (Wildman–Crippen MR) is 223 cm³/mol. The number of hydroxylamine groups is 2. The van der Waals surface area contributed by atoms with Crippen LogP contribution < -0.4 is 11.1 Å². The number of carboxylic acids is 2. The minimum Gasteiger partial charge on any atom is -0.504 e. The summed E-state index contributed by atoms with van der Waals surface area (Å²) in [7, 11) is 7.66. The molecule has 0 bridgehead atoms. The van der Waals surface area contributed by atoms with Gasteiger partial charge in [0.2, 0.25) is 5.91 Å². The van der Waals surface area contributed by atoms with E-state index >= 15 is 0 Å². The summed E-state index contributed by atoms with van der Waals surface area (Å²) in [6, 6.07) is 6.15. The number of phenols is 4. The second-order valence-electron chi connectivity index (χ2n) is 13.7. The van der Waals surface area contributed by atoms with E-state index in [0.717, 1.165) is 38.5 Å². The van der Waals surface area contributed by atoms with Gasteiger partial charge < -0.3 is 46.5 Å². The summed E-state index contributed by atoms with van der Waals surface area (Å²) in [6.45, 7) is 0. The van der Waals surface area contributed by atoms with Crippen LogP contribution in [0, 0.1) is 0 Å². The van der Waals surface area contributed by atoms with Crippen LogP contribution in [0.5, 0.6) is 23.0 Å². The molecule has 3 saturated heterocycles. The number of carbonyl (C=O) groups is 6. The number of nitrogens with two attached hydrogens (primary N) is 1. The van der Waals surface area contributed by atoms with Crippen molar-refractivity contribution in [2.24, 2.45) is 5.73 Å². The lowest BCUT2D eigenvalue weighted by Crippen LogP contribution is -2.42. The molecule has 58 heavy (non-hydrogen) atoms. The van der Waals surface area contributed by atoms with Crippen LogP contribution >= 0.6 is 43.2 Å². The summed E-state index contributed by atoms with van der Waals surface area (Å²) < 4.78 is 0. The molecule has 20 heteroatoms. The largest absolute Gasteiger partial charge is 0.504 e. The van der Waals surface area contributed by atoms with E-state index in [1.807, 2.05) is 43.2 Å². The summed E-state index contributed by atoms with van der Waals surface area (Å²) in [6.07, 6.45) is 9.16. The molecular weight excluding hydrogens is 835 g/mol. The van der Waals surface area contributed by atoms with Gasteiger partial charge in [-0.15, -0.1) is 5.06 Å². The first-order valence-corrected chi connectivity index (χ1v) is 23.5. The molecule has 320 valence electrons. The third-order valence-electron chi connectivity index (χ3n) is 8.92. The lowest BCUT2D eigenvalue weighted by molar-refractivity contribution is -0.197. The molecule has 3 aliphatic heterocycles. The van der Waals surface area contributed by atoms with Gasteiger partial charge in [0.15, 0.2) is 23.0 Å². The number of aromatic hydroxyl groups is 4. The van der Waals surface area contributed by atoms with Crippen LogP contribution in [0.15, 0.2) is 36.4 Å². The fourth-order valence-corrected chi connectivity index (χ4v) is 11.7. The molecule has 5 rings (SSSR count). The second kappa shape index (κ2) is 25.5. The highest BCUT2D eigenvalue weighted by molar-refractivity contribution is 8.77. The van der Waals surface area contributed by atoms with Crippen LogP contribution in [-0.2, 0) is 46.4 Å². The third-order valence-corrected chi connectivity index (χ3v) is 14.9. The van der Waals surface area contributed by atoms with Gasteiger partial charge in [-0.05, 0) is 80.3 Å². The maximum absolute atomic E-state index is 12.0. The summed E-state index contributed by atoms with van der Waals surface area (Å²) in [5.74, 6) is -2.50. The minimum atomic E-state index is -1.12. The van der Waals surface area contributed by atoms with E-state index in [1.165, 1.54) is 60.7 Å². The molecule has 0 aromatic heterocycles. The van der Waals surface area contributed by atoms with Gasteiger partial charge in [-0.25, -0.2) is 9.59 Å². The highest BCUT2D eigenvalue weighted by atomic mass is 33.1. The molecule has 3 fully saturated rings. The third kappa shape index (κ3) is 17.9. The fraction of sp³-hybridized carbons (Fsp3) is 0.526. The van der Waals surface area contributed by atoms with Crippen molar-refractivity contribution < 1.29 is 64.2 Å². The monoisotopic (exact) mass is 885 g/mol. The van der Waals surface area contributed by atoms with E-state index in [1.54, 1.807) is 0 Å². The Morgan fingerprint density at radius 3 is 1.67 bits per heavy atom. The van der Waals surface area contributed by atoms with Crippen LogP contribution in [0.25, 0.3) is 0 Å². The topological polar surface area (TPSA) is 274 Å². The predicted octanol–water partition coefficient (Wildman–Crippen LogP) is 5.28. The Kier molecular flexibility index (Phi) is 21.3. The van der Waals surface area contributed by atoms with Crippen LogP contribution in [0.4, 0.5) is 0 Å². The van der Waals surface area contributed by atoms with Crippen molar-refractivity contribution >= 4 is 78.8 Å². The van der Waals surface area contributed by atoms with Gasteiger partial charge in [0.1, 0.15) is 12.1 Å². The zero-order valence-corrected chi connectivity index (χ0v) is 35.1. The normalized spacial score (nSPS) is 18.3. The maximum atomic E-state index is 12.0. The highest BCUT2D eigenvalue weighted by Gasteiger charge is 2.32. The number of aliphatic carboxylic acids is 2. The highest BCUT2D eigenvalue weighted by Crippen LogP contribution is 2.40.